The number of carbonyl (C=O) groups excluding carboxylic acids is 2. The van der Waals surface area contributed by atoms with Crippen LogP contribution in [0.15, 0.2) is 29.3 Å². The first-order valence-electron chi connectivity index (χ1n) is 5.55. The topological polar surface area (TPSA) is 105 Å². The van der Waals surface area contributed by atoms with Crippen LogP contribution in [-0.4, -0.2) is 21.1 Å². The van der Waals surface area contributed by atoms with Gasteiger partial charge in [-0.15, -0.1) is 0 Å². The Bertz CT molecular complexity index is 793. The van der Waals surface area contributed by atoms with E-state index < -0.39 is 16.1 Å². The first-order chi connectivity index (χ1) is 9.56. The number of nitro benzene ring substituents is 1. The normalized spacial score (nSPS) is 16.9. The quantitative estimate of drug-likeness (QED) is 0.501. The molecule has 1 saturated heterocycles. The number of fused-ring (bicyclic) bond motifs is 1. The lowest BCUT2D eigenvalue weighted by molar-refractivity contribution is -0.383. The number of hydrogen-bond acceptors (Lipinski definition) is 5. The maximum Gasteiger partial charge on any atom is 0.290 e. The lowest BCUT2D eigenvalue weighted by Crippen LogP contribution is -2.17. The Hall–Kier alpha value is -2.61. The van der Waals surface area contributed by atoms with Crippen LogP contribution in [0.2, 0.25) is 0 Å². The average Bonchev–Trinajstić information content (AvgIpc) is 2.94. The molecule has 2 amide bonds. The van der Waals surface area contributed by atoms with Crippen LogP contribution in [0.25, 0.3) is 17.0 Å². The molecule has 1 fully saturated rings. The standard InChI is InChI=1S/C12H7N3O4S/c16-11-9(20-12(17)14-11)4-6-5-13-7-2-1-3-8(10(6)7)15(18)19/h1-5,13H,(H,14,16,17)/b9-4+. The molecule has 0 radical (unpaired) electrons. The molecule has 2 heterocycles. The molecule has 0 unspecified atom stereocenters. The van der Waals surface area contributed by atoms with Crippen LogP contribution >= 0.6 is 11.8 Å². The van der Waals surface area contributed by atoms with E-state index in [0.717, 1.165) is 11.8 Å². The van der Waals surface area contributed by atoms with E-state index >= 15 is 0 Å². The molecule has 0 bridgehead atoms. The molecule has 7 nitrogen and oxygen atoms in total. The molecule has 0 saturated carbocycles. The molecule has 1 aliphatic heterocycles. The van der Waals surface area contributed by atoms with Crippen molar-refractivity contribution >= 4 is 45.6 Å². The van der Waals surface area contributed by atoms with Crippen molar-refractivity contribution in [2.45, 2.75) is 0 Å². The maximum absolute atomic E-state index is 11.5. The zero-order chi connectivity index (χ0) is 14.3. The number of rotatable bonds is 2. The minimum Gasteiger partial charge on any atom is -0.360 e. The zero-order valence-electron chi connectivity index (χ0n) is 9.88. The van der Waals surface area contributed by atoms with Crippen molar-refractivity contribution in [2.75, 3.05) is 0 Å². The Morgan fingerprint density at radius 2 is 2.10 bits per heavy atom. The number of non-ortho nitro benzene ring substituents is 1. The summed E-state index contributed by atoms with van der Waals surface area (Å²) in [5.74, 6) is -0.493. The van der Waals surface area contributed by atoms with Gasteiger partial charge in [-0.1, -0.05) is 6.07 Å². The van der Waals surface area contributed by atoms with Gasteiger partial charge in [-0.05, 0) is 23.9 Å². The lowest BCUT2D eigenvalue weighted by Gasteiger charge is -1.96. The number of thioether (sulfide) groups is 1. The van der Waals surface area contributed by atoms with Crippen LogP contribution in [0.3, 0.4) is 0 Å². The van der Waals surface area contributed by atoms with E-state index in [1.54, 1.807) is 18.3 Å². The highest BCUT2D eigenvalue weighted by Crippen LogP contribution is 2.32. The number of amides is 2. The van der Waals surface area contributed by atoms with E-state index in [1.807, 2.05) is 0 Å². The molecule has 100 valence electrons. The Labute approximate surface area is 116 Å². The van der Waals surface area contributed by atoms with Gasteiger partial charge in [0.1, 0.15) is 0 Å². The number of nitrogens with zero attached hydrogens (tertiary/aromatic N) is 1. The smallest absolute Gasteiger partial charge is 0.290 e. The van der Waals surface area contributed by atoms with E-state index in [-0.39, 0.29) is 10.6 Å². The molecule has 2 aromatic rings. The molecule has 1 aromatic heterocycles. The Morgan fingerprint density at radius 3 is 2.75 bits per heavy atom. The zero-order valence-corrected chi connectivity index (χ0v) is 10.7. The number of nitrogens with one attached hydrogen (secondary N) is 2. The number of hydrogen-bond donors (Lipinski definition) is 2. The number of nitro groups is 1. The Kier molecular flexibility index (Phi) is 2.79. The van der Waals surface area contributed by atoms with E-state index in [0.29, 0.717) is 16.5 Å². The van der Waals surface area contributed by atoms with E-state index in [4.69, 9.17) is 0 Å². The molecule has 0 atom stereocenters. The van der Waals surface area contributed by atoms with Crippen molar-refractivity contribution in [1.82, 2.24) is 10.3 Å². The van der Waals surface area contributed by atoms with Crippen molar-refractivity contribution in [2.24, 2.45) is 0 Å². The SMILES string of the molecule is O=C1NC(=O)/C(=C\c2c[nH]c3cccc([N+](=O)[O-])c23)S1. The van der Waals surface area contributed by atoms with E-state index in [2.05, 4.69) is 10.3 Å². The summed E-state index contributed by atoms with van der Waals surface area (Å²) in [5, 5.41) is 13.2. The van der Waals surface area contributed by atoms with Crippen LogP contribution in [-0.2, 0) is 4.79 Å². The second-order valence-electron chi connectivity index (χ2n) is 4.05. The predicted molar refractivity (Wildman–Crippen MR) is 74.1 cm³/mol. The van der Waals surface area contributed by atoms with Gasteiger partial charge in [0.25, 0.3) is 16.8 Å². The number of benzene rings is 1. The van der Waals surface area contributed by atoms with Gasteiger partial charge in [-0.3, -0.25) is 25.0 Å². The lowest BCUT2D eigenvalue weighted by atomic mass is 10.1. The van der Waals surface area contributed by atoms with Crippen LogP contribution in [0.5, 0.6) is 0 Å². The second-order valence-corrected chi connectivity index (χ2v) is 5.07. The van der Waals surface area contributed by atoms with Gasteiger partial charge in [0.2, 0.25) is 0 Å². The Morgan fingerprint density at radius 1 is 1.30 bits per heavy atom. The number of imide groups is 1. The fourth-order valence-electron chi connectivity index (χ4n) is 2.02. The predicted octanol–water partition coefficient (Wildman–Crippen LogP) is 2.40. The summed E-state index contributed by atoms with van der Waals surface area (Å²) < 4.78 is 0. The average molecular weight is 289 g/mol. The molecule has 1 aliphatic rings. The molecule has 20 heavy (non-hydrogen) atoms. The highest BCUT2D eigenvalue weighted by molar-refractivity contribution is 8.18. The number of aromatic nitrogens is 1. The summed E-state index contributed by atoms with van der Waals surface area (Å²) in [5.41, 5.74) is 1.05. The largest absolute Gasteiger partial charge is 0.360 e. The fourth-order valence-corrected chi connectivity index (χ4v) is 2.69. The molecular weight excluding hydrogens is 282 g/mol. The van der Waals surface area contributed by atoms with Crippen molar-refractivity contribution < 1.29 is 14.5 Å². The summed E-state index contributed by atoms with van der Waals surface area (Å²) in [7, 11) is 0. The minimum atomic E-state index is -0.493. The summed E-state index contributed by atoms with van der Waals surface area (Å²) >= 11 is 0.772. The van der Waals surface area contributed by atoms with Gasteiger partial charge >= 0.3 is 0 Å². The van der Waals surface area contributed by atoms with Crippen LogP contribution in [0.4, 0.5) is 10.5 Å². The third-order valence-corrected chi connectivity index (χ3v) is 3.65. The molecule has 1 aromatic carbocycles. The van der Waals surface area contributed by atoms with Crippen molar-refractivity contribution in [3.05, 3.63) is 45.0 Å². The fraction of sp³-hybridized carbons (Fsp3) is 0. The molecule has 0 spiro atoms. The highest BCUT2D eigenvalue weighted by atomic mass is 32.2. The maximum atomic E-state index is 11.5. The highest BCUT2D eigenvalue weighted by Gasteiger charge is 2.26. The van der Waals surface area contributed by atoms with Crippen molar-refractivity contribution in [3.63, 3.8) is 0 Å². The van der Waals surface area contributed by atoms with Gasteiger partial charge in [0.15, 0.2) is 0 Å². The van der Waals surface area contributed by atoms with Crippen LogP contribution in [0.1, 0.15) is 5.56 Å². The third-order valence-electron chi connectivity index (χ3n) is 2.84. The van der Waals surface area contributed by atoms with Gasteiger partial charge in [0, 0.05) is 17.8 Å². The molecule has 2 N–H and O–H groups in total. The van der Waals surface area contributed by atoms with Gasteiger partial charge in [-0.2, -0.15) is 0 Å². The summed E-state index contributed by atoms with van der Waals surface area (Å²) in [6.45, 7) is 0. The van der Waals surface area contributed by atoms with Crippen LogP contribution in [0, 0.1) is 10.1 Å². The van der Waals surface area contributed by atoms with Gasteiger partial charge in [-0.25, -0.2) is 0 Å². The van der Waals surface area contributed by atoms with Gasteiger partial charge in [0.05, 0.1) is 20.7 Å². The first-order valence-corrected chi connectivity index (χ1v) is 6.37. The monoisotopic (exact) mass is 289 g/mol. The summed E-state index contributed by atoms with van der Waals surface area (Å²) in [4.78, 5) is 36.3. The van der Waals surface area contributed by atoms with E-state index in [9.17, 15) is 19.7 Å². The third kappa shape index (κ3) is 1.95. The van der Waals surface area contributed by atoms with Crippen LogP contribution < -0.4 is 5.32 Å². The number of H-pyrrole nitrogens is 1. The van der Waals surface area contributed by atoms with Crippen molar-refractivity contribution in [3.8, 4) is 0 Å². The van der Waals surface area contributed by atoms with E-state index in [1.165, 1.54) is 12.1 Å². The summed E-state index contributed by atoms with van der Waals surface area (Å²) in [6, 6.07) is 4.68. The Balaban J connectivity index is 2.18. The summed E-state index contributed by atoms with van der Waals surface area (Å²) in [6.07, 6.45) is 3.04. The number of aromatic amines is 1. The molecule has 8 heteroatoms. The molecule has 3 rings (SSSR count). The van der Waals surface area contributed by atoms with Crippen molar-refractivity contribution in [1.29, 1.82) is 0 Å². The second kappa shape index (κ2) is 4.49. The molecule has 0 aliphatic carbocycles. The van der Waals surface area contributed by atoms with Gasteiger partial charge < -0.3 is 4.98 Å². The molecular formula is C12H7N3O4S. The first kappa shape index (κ1) is 12.4. The number of carbonyl (C=O) groups is 2. The minimum absolute atomic E-state index is 0.0506.